The molecule has 32 heavy (non-hydrogen) atoms. The van der Waals surface area contributed by atoms with Gasteiger partial charge in [-0.15, -0.1) is 0 Å². The van der Waals surface area contributed by atoms with E-state index in [1.807, 2.05) is 12.1 Å². The first-order chi connectivity index (χ1) is 14.8. The Morgan fingerprint density at radius 2 is 1.66 bits per heavy atom. The molecule has 0 heterocycles. The number of nitro benzene ring substituents is 1. The van der Waals surface area contributed by atoms with Crippen LogP contribution in [0.25, 0.3) is 0 Å². The van der Waals surface area contributed by atoms with Gasteiger partial charge in [0.25, 0.3) is 17.5 Å². The third-order valence-corrected chi connectivity index (χ3v) is 5.02. The summed E-state index contributed by atoms with van der Waals surface area (Å²) < 4.78 is 5.47. The highest BCUT2D eigenvalue weighted by atomic mass is 35.5. The molecule has 0 aliphatic carbocycles. The molecular weight excluding hydrogens is 434 g/mol. The molecule has 0 saturated heterocycles. The lowest BCUT2D eigenvalue weighted by Crippen LogP contribution is -2.43. The first-order valence-corrected chi connectivity index (χ1v) is 10.4. The van der Waals surface area contributed by atoms with E-state index in [0.717, 1.165) is 12.5 Å². The van der Waals surface area contributed by atoms with Crippen molar-refractivity contribution in [3.8, 4) is 5.75 Å². The summed E-state index contributed by atoms with van der Waals surface area (Å²) in [6.45, 7) is 10.7. The lowest BCUT2D eigenvalue weighted by atomic mass is 9.72. The molecule has 9 heteroatoms. The molecule has 0 atom stereocenters. The number of nitro groups is 1. The molecule has 0 aliphatic rings. The van der Waals surface area contributed by atoms with Crippen LogP contribution in [-0.4, -0.2) is 23.3 Å². The molecule has 0 bridgehead atoms. The molecule has 0 fully saturated rings. The Hall–Kier alpha value is -3.13. The number of nitrogens with one attached hydrogen (secondary N) is 2. The predicted molar refractivity (Wildman–Crippen MR) is 123 cm³/mol. The van der Waals surface area contributed by atoms with Crippen LogP contribution in [0.4, 0.5) is 5.69 Å². The van der Waals surface area contributed by atoms with Crippen molar-refractivity contribution in [3.05, 3.63) is 68.7 Å². The van der Waals surface area contributed by atoms with Crippen molar-refractivity contribution in [2.75, 3.05) is 6.61 Å². The van der Waals surface area contributed by atoms with Crippen LogP contribution in [0.15, 0.2) is 42.5 Å². The van der Waals surface area contributed by atoms with Crippen molar-refractivity contribution >= 4 is 29.1 Å². The van der Waals surface area contributed by atoms with Gasteiger partial charge in [0, 0.05) is 11.6 Å². The molecule has 8 nitrogen and oxygen atoms in total. The van der Waals surface area contributed by atoms with Crippen molar-refractivity contribution in [1.82, 2.24) is 10.9 Å². The summed E-state index contributed by atoms with van der Waals surface area (Å²) in [4.78, 5) is 34.3. The van der Waals surface area contributed by atoms with Gasteiger partial charge in [0.1, 0.15) is 10.8 Å². The number of benzene rings is 2. The number of halogens is 1. The normalized spacial score (nSPS) is 11.6. The highest BCUT2D eigenvalue weighted by molar-refractivity contribution is 6.32. The Bertz CT molecular complexity index is 998. The average molecular weight is 462 g/mol. The summed E-state index contributed by atoms with van der Waals surface area (Å²) in [5.41, 5.74) is 5.34. The maximum absolute atomic E-state index is 12.1. The van der Waals surface area contributed by atoms with Gasteiger partial charge in [-0.2, -0.15) is 0 Å². The molecule has 2 aromatic rings. The van der Waals surface area contributed by atoms with Crippen molar-refractivity contribution in [3.63, 3.8) is 0 Å². The van der Waals surface area contributed by atoms with Crippen molar-refractivity contribution in [1.29, 1.82) is 0 Å². The first-order valence-electron chi connectivity index (χ1n) is 10.0. The number of rotatable bonds is 7. The summed E-state index contributed by atoms with van der Waals surface area (Å²) in [6, 6.07) is 11.2. The van der Waals surface area contributed by atoms with Gasteiger partial charge in [0.2, 0.25) is 0 Å². The second kappa shape index (κ2) is 9.99. The van der Waals surface area contributed by atoms with E-state index in [0.29, 0.717) is 5.75 Å². The van der Waals surface area contributed by atoms with Crippen LogP contribution in [0.2, 0.25) is 5.02 Å². The predicted octanol–water partition coefficient (Wildman–Crippen LogP) is 4.80. The van der Waals surface area contributed by atoms with Crippen LogP contribution in [0.5, 0.6) is 5.75 Å². The molecule has 0 aliphatic heterocycles. The van der Waals surface area contributed by atoms with Crippen molar-refractivity contribution in [2.24, 2.45) is 5.41 Å². The SMILES string of the molecule is CC(C)(C)CC(C)(C)c1ccc(OCC(=O)NNC(=O)c2ccc(Cl)c([N+](=O)[O-])c2)cc1. The molecule has 0 aromatic heterocycles. The van der Waals surface area contributed by atoms with Crippen LogP contribution in [0, 0.1) is 15.5 Å². The smallest absolute Gasteiger partial charge is 0.288 e. The highest BCUT2D eigenvalue weighted by Crippen LogP contribution is 2.36. The summed E-state index contributed by atoms with van der Waals surface area (Å²) in [6.07, 6.45) is 1.01. The zero-order chi connectivity index (χ0) is 24.1. The van der Waals surface area contributed by atoms with E-state index in [-0.39, 0.29) is 28.0 Å². The zero-order valence-corrected chi connectivity index (χ0v) is 19.6. The van der Waals surface area contributed by atoms with Gasteiger partial charge in [-0.3, -0.25) is 30.6 Å². The van der Waals surface area contributed by atoms with Crippen LogP contribution in [0.1, 0.15) is 57.0 Å². The number of hydrazine groups is 1. The van der Waals surface area contributed by atoms with Gasteiger partial charge in [0.15, 0.2) is 6.61 Å². The van der Waals surface area contributed by atoms with Gasteiger partial charge in [-0.25, -0.2) is 0 Å². The fourth-order valence-corrected chi connectivity index (χ4v) is 3.79. The second-order valence-electron chi connectivity index (χ2n) is 9.36. The number of nitrogens with zero attached hydrogens (tertiary/aromatic N) is 1. The third kappa shape index (κ3) is 7.23. The number of amides is 2. The summed E-state index contributed by atoms with van der Waals surface area (Å²) in [5.74, 6) is -0.780. The fraction of sp³-hybridized carbons (Fsp3) is 0.391. The Morgan fingerprint density at radius 1 is 1.03 bits per heavy atom. The number of hydrogen-bond donors (Lipinski definition) is 2. The second-order valence-corrected chi connectivity index (χ2v) is 9.77. The van der Waals surface area contributed by atoms with Crippen LogP contribution >= 0.6 is 11.6 Å². The molecule has 0 radical (unpaired) electrons. The van der Waals surface area contributed by atoms with E-state index in [4.69, 9.17) is 16.3 Å². The topological polar surface area (TPSA) is 111 Å². The number of carbonyl (C=O) groups excluding carboxylic acids is 2. The van der Waals surface area contributed by atoms with Gasteiger partial charge in [0.05, 0.1) is 4.92 Å². The number of ether oxygens (including phenoxy) is 1. The molecule has 2 rings (SSSR count). The Kier molecular flexibility index (Phi) is 7.85. The number of hydrogen-bond acceptors (Lipinski definition) is 5. The quantitative estimate of drug-likeness (QED) is 0.454. The van der Waals surface area contributed by atoms with E-state index in [2.05, 4.69) is 45.5 Å². The van der Waals surface area contributed by atoms with Crippen LogP contribution in [0.3, 0.4) is 0 Å². The maximum Gasteiger partial charge on any atom is 0.288 e. The molecular formula is C23H28ClN3O5. The molecule has 2 amide bonds. The van der Waals surface area contributed by atoms with E-state index < -0.39 is 22.4 Å². The monoisotopic (exact) mass is 461 g/mol. The summed E-state index contributed by atoms with van der Waals surface area (Å²) in [7, 11) is 0. The Morgan fingerprint density at radius 3 is 2.22 bits per heavy atom. The molecule has 0 unspecified atom stereocenters. The lowest BCUT2D eigenvalue weighted by Gasteiger charge is -2.33. The Balaban J connectivity index is 1.87. The van der Waals surface area contributed by atoms with E-state index in [1.165, 1.54) is 17.7 Å². The summed E-state index contributed by atoms with van der Waals surface area (Å²) in [5, 5.41) is 10.8. The minimum Gasteiger partial charge on any atom is -0.484 e. The van der Waals surface area contributed by atoms with E-state index >= 15 is 0 Å². The molecule has 2 aromatic carbocycles. The van der Waals surface area contributed by atoms with E-state index in [9.17, 15) is 19.7 Å². The minimum atomic E-state index is -0.719. The maximum atomic E-state index is 12.1. The van der Waals surface area contributed by atoms with Crippen LogP contribution < -0.4 is 15.6 Å². The standard InChI is InChI=1S/C23H28ClN3O5/c1-22(2,3)14-23(4,5)16-7-9-17(10-8-16)32-13-20(28)25-26-21(29)15-6-11-18(24)19(12-15)27(30)31/h6-12H,13-14H2,1-5H3,(H,25,28)(H,26,29). The summed E-state index contributed by atoms with van der Waals surface area (Å²) >= 11 is 5.73. The molecule has 172 valence electrons. The highest BCUT2D eigenvalue weighted by Gasteiger charge is 2.27. The third-order valence-electron chi connectivity index (χ3n) is 4.70. The van der Waals surface area contributed by atoms with E-state index in [1.54, 1.807) is 12.1 Å². The largest absolute Gasteiger partial charge is 0.484 e. The molecule has 2 N–H and O–H groups in total. The van der Waals surface area contributed by atoms with Gasteiger partial charge in [-0.05, 0) is 47.1 Å². The Labute approximate surface area is 192 Å². The molecule has 0 spiro atoms. The van der Waals surface area contributed by atoms with Crippen molar-refractivity contribution < 1.29 is 19.2 Å². The van der Waals surface area contributed by atoms with Gasteiger partial charge in [-0.1, -0.05) is 58.4 Å². The van der Waals surface area contributed by atoms with Gasteiger partial charge >= 0.3 is 0 Å². The first kappa shape index (κ1) is 25.1. The van der Waals surface area contributed by atoms with Crippen LogP contribution in [-0.2, 0) is 10.2 Å². The minimum absolute atomic E-state index is 0.00479. The van der Waals surface area contributed by atoms with Crippen molar-refractivity contribution in [2.45, 2.75) is 46.5 Å². The zero-order valence-electron chi connectivity index (χ0n) is 18.8. The van der Waals surface area contributed by atoms with Gasteiger partial charge < -0.3 is 4.74 Å². The number of carbonyl (C=O) groups is 2. The molecule has 0 saturated carbocycles. The lowest BCUT2D eigenvalue weighted by molar-refractivity contribution is -0.384. The average Bonchev–Trinajstić information content (AvgIpc) is 2.69. The fourth-order valence-electron chi connectivity index (χ4n) is 3.61.